The van der Waals surface area contributed by atoms with Crippen LogP contribution < -0.4 is 10.6 Å². The Labute approximate surface area is 121 Å². The molecular formula is C13H19BrN4O. The second-order valence-electron chi connectivity index (χ2n) is 5.59. The maximum atomic E-state index is 6.31. The molecule has 19 heavy (non-hydrogen) atoms. The summed E-state index contributed by atoms with van der Waals surface area (Å²) in [4.78, 5) is 10.9. The number of ether oxygens (including phenoxy) is 1. The van der Waals surface area contributed by atoms with Gasteiger partial charge in [-0.25, -0.2) is 9.97 Å². The van der Waals surface area contributed by atoms with Crippen molar-refractivity contribution in [2.24, 2.45) is 11.1 Å². The second-order valence-corrected chi connectivity index (χ2v) is 6.40. The second kappa shape index (κ2) is 5.00. The number of aromatic nitrogens is 2. The lowest BCUT2D eigenvalue weighted by molar-refractivity contribution is 0.0974. The fourth-order valence-corrected chi connectivity index (χ4v) is 3.33. The third-order valence-electron chi connectivity index (χ3n) is 4.54. The summed E-state index contributed by atoms with van der Waals surface area (Å²) in [5, 5.41) is 0. The van der Waals surface area contributed by atoms with E-state index >= 15 is 0 Å². The lowest BCUT2D eigenvalue weighted by Crippen LogP contribution is -2.50. The minimum Gasteiger partial charge on any atom is -0.376 e. The normalized spacial score (nSPS) is 29.9. The SMILES string of the molecule is C[C@@H]1OCC2(CCN(c3cnc(Br)cn3)CC2)[C@@H]1N. The quantitative estimate of drug-likeness (QED) is 0.848. The van der Waals surface area contributed by atoms with Crippen LogP contribution in [0.15, 0.2) is 17.0 Å². The highest BCUT2D eigenvalue weighted by atomic mass is 79.9. The van der Waals surface area contributed by atoms with Crippen molar-refractivity contribution >= 4 is 21.7 Å². The molecule has 0 radical (unpaired) electrons. The largest absolute Gasteiger partial charge is 0.376 e. The predicted molar refractivity (Wildman–Crippen MR) is 77.0 cm³/mol. The summed E-state index contributed by atoms with van der Waals surface area (Å²) >= 11 is 3.31. The molecule has 1 spiro atoms. The van der Waals surface area contributed by atoms with Gasteiger partial charge in [-0.1, -0.05) is 0 Å². The van der Waals surface area contributed by atoms with Crippen molar-refractivity contribution in [3.8, 4) is 0 Å². The Morgan fingerprint density at radius 2 is 2.11 bits per heavy atom. The van der Waals surface area contributed by atoms with Crippen LogP contribution in [0.25, 0.3) is 0 Å². The number of rotatable bonds is 1. The number of nitrogens with two attached hydrogens (primary N) is 1. The summed E-state index contributed by atoms with van der Waals surface area (Å²) in [6, 6.07) is 0.158. The summed E-state index contributed by atoms with van der Waals surface area (Å²) in [5.74, 6) is 0.943. The molecule has 2 N–H and O–H groups in total. The van der Waals surface area contributed by atoms with Gasteiger partial charge in [0.25, 0.3) is 0 Å². The van der Waals surface area contributed by atoms with Gasteiger partial charge < -0.3 is 15.4 Å². The summed E-state index contributed by atoms with van der Waals surface area (Å²) in [5.41, 5.74) is 6.48. The molecule has 3 rings (SSSR count). The third kappa shape index (κ3) is 2.37. The molecule has 0 amide bonds. The molecule has 1 aromatic rings. The van der Waals surface area contributed by atoms with Crippen molar-refractivity contribution in [1.29, 1.82) is 0 Å². The third-order valence-corrected chi connectivity index (χ3v) is 4.95. The summed E-state index contributed by atoms with van der Waals surface area (Å²) in [7, 11) is 0. The summed E-state index contributed by atoms with van der Waals surface area (Å²) in [6.45, 7) is 4.82. The highest BCUT2D eigenvalue weighted by Crippen LogP contribution is 2.41. The molecule has 2 atom stereocenters. The molecule has 0 saturated carbocycles. The molecule has 0 bridgehead atoms. The standard InChI is InChI=1S/C13H19BrN4O/c1-9-12(15)13(8-19-9)2-4-18(5-3-13)11-7-16-10(14)6-17-11/h6-7,9,12H,2-5,8,15H2,1H3/t9-,12+/m0/s1. The smallest absolute Gasteiger partial charge is 0.147 e. The van der Waals surface area contributed by atoms with Crippen LogP contribution >= 0.6 is 15.9 Å². The zero-order valence-corrected chi connectivity index (χ0v) is 12.6. The van der Waals surface area contributed by atoms with Crippen LogP contribution in [0.1, 0.15) is 19.8 Å². The molecule has 5 nitrogen and oxygen atoms in total. The molecule has 1 aromatic heterocycles. The van der Waals surface area contributed by atoms with E-state index < -0.39 is 0 Å². The Kier molecular flexibility index (Phi) is 3.49. The highest BCUT2D eigenvalue weighted by Gasteiger charge is 2.47. The van der Waals surface area contributed by atoms with Crippen LogP contribution in [0.4, 0.5) is 5.82 Å². The Hall–Kier alpha value is -0.720. The number of halogens is 1. The van der Waals surface area contributed by atoms with Gasteiger partial charge in [0.05, 0.1) is 25.1 Å². The van der Waals surface area contributed by atoms with Crippen LogP contribution in [-0.4, -0.2) is 41.8 Å². The van der Waals surface area contributed by atoms with Crippen LogP contribution in [0.5, 0.6) is 0 Å². The maximum Gasteiger partial charge on any atom is 0.147 e. The molecule has 0 aliphatic carbocycles. The van der Waals surface area contributed by atoms with Crippen molar-refractivity contribution in [3.05, 3.63) is 17.0 Å². The first-order valence-electron chi connectivity index (χ1n) is 6.70. The Morgan fingerprint density at radius 1 is 1.37 bits per heavy atom. The van der Waals surface area contributed by atoms with E-state index in [-0.39, 0.29) is 17.6 Å². The van der Waals surface area contributed by atoms with Crippen molar-refractivity contribution in [3.63, 3.8) is 0 Å². The summed E-state index contributed by atoms with van der Waals surface area (Å²) < 4.78 is 6.51. The van der Waals surface area contributed by atoms with Gasteiger partial charge in [0.15, 0.2) is 0 Å². The summed E-state index contributed by atoms with van der Waals surface area (Å²) in [6.07, 6.45) is 5.87. The van der Waals surface area contributed by atoms with E-state index in [1.165, 1.54) is 0 Å². The van der Waals surface area contributed by atoms with E-state index in [2.05, 4.69) is 37.7 Å². The topological polar surface area (TPSA) is 64.3 Å². The number of hydrogen-bond donors (Lipinski definition) is 1. The number of hydrogen-bond acceptors (Lipinski definition) is 5. The Morgan fingerprint density at radius 3 is 2.63 bits per heavy atom. The maximum absolute atomic E-state index is 6.31. The molecule has 6 heteroatoms. The first-order chi connectivity index (χ1) is 9.11. The average Bonchev–Trinajstić information content (AvgIpc) is 2.70. The van der Waals surface area contributed by atoms with Gasteiger partial charge in [-0.2, -0.15) is 0 Å². The lowest BCUT2D eigenvalue weighted by atomic mass is 9.73. The fraction of sp³-hybridized carbons (Fsp3) is 0.692. The van der Waals surface area contributed by atoms with E-state index in [4.69, 9.17) is 10.5 Å². The van der Waals surface area contributed by atoms with Crippen LogP contribution in [0, 0.1) is 5.41 Å². The van der Waals surface area contributed by atoms with Crippen molar-refractivity contribution in [2.75, 3.05) is 24.6 Å². The molecule has 3 heterocycles. The van der Waals surface area contributed by atoms with Crippen LogP contribution in [-0.2, 0) is 4.74 Å². The minimum atomic E-state index is 0.158. The lowest BCUT2D eigenvalue weighted by Gasteiger charge is -2.41. The molecule has 2 aliphatic rings. The Bertz CT molecular complexity index is 444. The van der Waals surface area contributed by atoms with E-state index in [1.54, 1.807) is 6.20 Å². The number of piperidine rings is 1. The van der Waals surface area contributed by atoms with Gasteiger partial charge in [-0.3, -0.25) is 0 Å². The minimum absolute atomic E-state index is 0.158. The molecule has 104 valence electrons. The molecule has 0 aromatic carbocycles. The predicted octanol–water partition coefficient (Wildman–Crippen LogP) is 1.57. The van der Waals surface area contributed by atoms with Crippen molar-refractivity contribution in [2.45, 2.75) is 31.9 Å². The molecule has 2 fully saturated rings. The fourth-order valence-electron chi connectivity index (χ4n) is 3.12. The highest BCUT2D eigenvalue weighted by molar-refractivity contribution is 9.10. The van der Waals surface area contributed by atoms with Crippen molar-refractivity contribution < 1.29 is 4.74 Å². The molecular weight excluding hydrogens is 308 g/mol. The first kappa shape index (κ1) is 13.3. The first-order valence-corrected chi connectivity index (χ1v) is 7.50. The van der Waals surface area contributed by atoms with Gasteiger partial charge in [0, 0.05) is 24.5 Å². The van der Waals surface area contributed by atoms with Gasteiger partial charge in [0.2, 0.25) is 0 Å². The number of nitrogens with zero attached hydrogens (tertiary/aromatic N) is 3. The van der Waals surface area contributed by atoms with Crippen LogP contribution in [0.3, 0.4) is 0 Å². The number of anilines is 1. The average molecular weight is 327 g/mol. The molecule has 2 aliphatic heterocycles. The molecule has 2 saturated heterocycles. The zero-order valence-electron chi connectivity index (χ0n) is 11.1. The van der Waals surface area contributed by atoms with Gasteiger partial charge in [0.1, 0.15) is 10.4 Å². The van der Waals surface area contributed by atoms with E-state index in [1.807, 2.05) is 6.20 Å². The Balaban J connectivity index is 1.68. The van der Waals surface area contributed by atoms with E-state index in [0.717, 1.165) is 43.0 Å². The van der Waals surface area contributed by atoms with Gasteiger partial charge in [-0.05, 0) is 35.7 Å². The van der Waals surface area contributed by atoms with E-state index in [9.17, 15) is 0 Å². The van der Waals surface area contributed by atoms with Crippen molar-refractivity contribution in [1.82, 2.24) is 9.97 Å². The van der Waals surface area contributed by atoms with Crippen LogP contribution in [0.2, 0.25) is 0 Å². The zero-order chi connectivity index (χ0) is 13.5. The van der Waals surface area contributed by atoms with Gasteiger partial charge >= 0.3 is 0 Å². The van der Waals surface area contributed by atoms with Gasteiger partial charge in [-0.15, -0.1) is 0 Å². The van der Waals surface area contributed by atoms with E-state index in [0.29, 0.717) is 0 Å². The monoisotopic (exact) mass is 326 g/mol. The molecule has 0 unspecified atom stereocenters.